The maximum absolute atomic E-state index is 13.3. The SMILES string of the molecule is Cc1cc(F)cc(C)c1S(=O)(=O)NC(C)c1ncc[nH]1. The Bertz CT molecular complexity index is 688. The van der Waals surface area contributed by atoms with Gasteiger partial charge in [0.2, 0.25) is 10.0 Å². The number of aromatic amines is 1. The van der Waals surface area contributed by atoms with Crippen molar-refractivity contribution in [3.63, 3.8) is 0 Å². The molecular weight excluding hydrogens is 281 g/mol. The van der Waals surface area contributed by atoms with E-state index in [4.69, 9.17) is 0 Å². The third-order valence-corrected chi connectivity index (χ3v) is 4.80. The molecule has 2 N–H and O–H groups in total. The second kappa shape index (κ2) is 5.34. The predicted octanol–water partition coefficient (Wildman–Crippen LogP) is 2.21. The molecule has 1 atom stereocenters. The monoisotopic (exact) mass is 297 g/mol. The first-order valence-electron chi connectivity index (χ1n) is 6.09. The van der Waals surface area contributed by atoms with Crippen LogP contribution in [0.3, 0.4) is 0 Å². The summed E-state index contributed by atoms with van der Waals surface area (Å²) in [6.45, 7) is 4.83. The van der Waals surface area contributed by atoms with Crippen molar-refractivity contribution in [2.45, 2.75) is 31.7 Å². The first kappa shape index (κ1) is 14.7. The van der Waals surface area contributed by atoms with E-state index in [1.165, 1.54) is 12.1 Å². The van der Waals surface area contributed by atoms with Gasteiger partial charge in [0.25, 0.3) is 0 Å². The number of halogens is 1. The number of benzene rings is 1. The molecule has 108 valence electrons. The molecule has 7 heteroatoms. The van der Waals surface area contributed by atoms with Gasteiger partial charge < -0.3 is 4.98 Å². The van der Waals surface area contributed by atoms with Gasteiger partial charge in [-0.1, -0.05) is 0 Å². The summed E-state index contributed by atoms with van der Waals surface area (Å²) in [7, 11) is -3.74. The van der Waals surface area contributed by atoms with Crippen LogP contribution >= 0.6 is 0 Å². The van der Waals surface area contributed by atoms with Crippen LogP contribution in [0.1, 0.15) is 29.9 Å². The molecule has 1 aromatic heterocycles. The van der Waals surface area contributed by atoms with Crippen LogP contribution in [0.4, 0.5) is 4.39 Å². The number of hydrogen-bond acceptors (Lipinski definition) is 3. The van der Waals surface area contributed by atoms with Crippen LogP contribution < -0.4 is 4.72 Å². The van der Waals surface area contributed by atoms with E-state index in [0.29, 0.717) is 17.0 Å². The van der Waals surface area contributed by atoms with Crippen molar-refractivity contribution in [1.29, 1.82) is 0 Å². The molecule has 0 fully saturated rings. The Morgan fingerprint density at radius 2 is 1.90 bits per heavy atom. The first-order valence-corrected chi connectivity index (χ1v) is 7.58. The quantitative estimate of drug-likeness (QED) is 0.908. The number of aryl methyl sites for hydroxylation is 2. The molecule has 0 bridgehead atoms. The minimum Gasteiger partial charge on any atom is -0.347 e. The molecule has 0 amide bonds. The van der Waals surface area contributed by atoms with E-state index < -0.39 is 21.9 Å². The molecule has 20 heavy (non-hydrogen) atoms. The molecule has 1 heterocycles. The Labute approximate surface area is 117 Å². The lowest BCUT2D eigenvalue weighted by Crippen LogP contribution is -2.28. The smallest absolute Gasteiger partial charge is 0.241 e. The van der Waals surface area contributed by atoms with Crippen LogP contribution in [0.2, 0.25) is 0 Å². The van der Waals surface area contributed by atoms with Crippen LogP contribution in [0.15, 0.2) is 29.4 Å². The molecule has 0 aliphatic heterocycles. The lowest BCUT2D eigenvalue weighted by Gasteiger charge is -2.15. The summed E-state index contributed by atoms with van der Waals surface area (Å²) < 4.78 is 40.6. The van der Waals surface area contributed by atoms with Gasteiger partial charge in [-0.25, -0.2) is 22.5 Å². The zero-order valence-electron chi connectivity index (χ0n) is 11.4. The highest BCUT2D eigenvalue weighted by Crippen LogP contribution is 2.23. The summed E-state index contributed by atoms with van der Waals surface area (Å²) >= 11 is 0. The van der Waals surface area contributed by atoms with E-state index in [0.717, 1.165) is 0 Å². The van der Waals surface area contributed by atoms with Gasteiger partial charge >= 0.3 is 0 Å². The number of aromatic nitrogens is 2. The summed E-state index contributed by atoms with van der Waals surface area (Å²) in [5.41, 5.74) is 0.753. The summed E-state index contributed by atoms with van der Waals surface area (Å²) in [5.74, 6) is 0.0732. The topological polar surface area (TPSA) is 74.8 Å². The van der Waals surface area contributed by atoms with Crippen molar-refractivity contribution in [2.24, 2.45) is 0 Å². The summed E-state index contributed by atoms with van der Waals surface area (Å²) in [6.07, 6.45) is 3.17. The first-order chi connectivity index (χ1) is 9.31. The fourth-order valence-corrected chi connectivity index (χ4v) is 3.84. The van der Waals surface area contributed by atoms with E-state index in [2.05, 4.69) is 14.7 Å². The Balaban J connectivity index is 2.37. The van der Waals surface area contributed by atoms with Gasteiger partial charge in [0.15, 0.2) is 0 Å². The number of nitrogens with one attached hydrogen (secondary N) is 2. The van der Waals surface area contributed by atoms with Crippen molar-refractivity contribution >= 4 is 10.0 Å². The maximum Gasteiger partial charge on any atom is 0.241 e. The second-order valence-corrected chi connectivity index (χ2v) is 6.34. The van der Waals surface area contributed by atoms with E-state index in [-0.39, 0.29) is 4.90 Å². The normalized spacial score (nSPS) is 13.4. The van der Waals surface area contributed by atoms with Crippen molar-refractivity contribution in [2.75, 3.05) is 0 Å². The lowest BCUT2D eigenvalue weighted by molar-refractivity contribution is 0.559. The number of hydrogen-bond donors (Lipinski definition) is 2. The van der Waals surface area contributed by atoms with Crippen molar-refractivity contribution in [3.05, 3.63) is 47.3 Å². The second-order valence-electron chi connectivity index (χ2n) is 4.69. The average Bonchev–Trinajstić information content (AvgIpc) is 2.78. The Morgan fingerprint density at radius 1 is 1.30 bits per heavy atom. The van der Waals surface area contributed by atoms with Gasteiger partial charge in [-0.3, -0.25) is 0 Å². The summed E-state index contributed by atoms with van der Waals surface area (Å²) in [6, 6.07) is 1.91. The fraction of sp³-hybridized carbons (Fsp3) is 0.308. The zero-order valence-corrected chi connectivity index (χ0v) is 12.3. The van der Waals surface area contributed by atoms with E-state index in [1.54, 1.807) is 33.2 Å². The largest absolute Gasteiger partial charge is 0.347 e. The minimum atomic E-state index is -3.74. The van der Waals surface area contributed by atoms with Crippen LogP contribution in [0.25, 0.3) is 0 Å². The van der Waals surface area contributed by atoms with Crippen LogP contribution in [0.5, 0.6) is 0 Å². The van der Waals surface area contributed by atoms with E-state index >= 15 is 0 Å². The number of sulfonamides is 1. The Kier molecular flexibility index (Phi) is 3.92. The number of rotatable bonds is 4. The van der Waals surface area contributed by atoms with E-state index in [9.17, 15) is 12.8 Å². The van der Waals surface area contributed by atoms with Gasteiger partial charge in [0.05, 0.1) is 10.9 Å². The summed E-state index contributed by atoms with van der Waals surface area (Å²) in [4.78, 5) is 6.97. The highest BCUT2D eigenvalue weighted by Gasteiger charge is 2.23. The molecule has 0 saturated carbocycles. The highest BCUT2D eigenvalue weighted by molar-refractivity contribution is 7.89. The van der Waals surface area contributed by atoms with Gasteiger partial charge in [0, 0.05) is 12.4 Å². The van der Waals surface area contributed by atoms with Gasteiger partial charge in [-0.15, -0.1) is 0 Å². The van der Waals surface area contributed by atoms with E-state index in [1.807, 2.05) is 0 Å². The number of imidazole rings is 1. The Morgan fingerprint density at radius 3 is 2.40 bits per heavy atom. The molecule has 1 unspecified atom stereocenters. The Hall–Kier alpha value is -1.73. The molecule has 0 saturated heterocycles. The summed E-state index contributed by atoms with van der Waals surface area (Å²) in [5, 5.41) is 0. The number of nitrogens with zero attached hydrogens (tertiary/aromatic N) is 1. The molecule has 1 aromatic carbocycles. The molecule has 0 radical (unpaired) electrons. The van der Waals surface area contributed by atoms with Crippen molar-refractivity contribution in [1.82, 2.24) is 14.7 Å². The molecule has 0 spiro atoms. The predicted molar refractivity (Wildman–Crippen MR) is 73.2 cm³/mol. The molecule has 2 aromatic rings. The molecule has 0 aliphatic rings. The third-order valence-electron chi connectivity index (χ3n) is 2.96. The van der Waals surface area contributed by atoms with Gasteiger partial charge in [0.1, 0.15) is 11.6 Å². The standard InChI is InChI=1S/C13H16FN3O2S/c1-8-6-11(14)7-9(2)12(8)20(18,19)17-10(3)13-15-4-5-16-13/h4-7,10,17H,1-3H3,(H,15,16). The maximum atomic E-state index is 13.3. The van der Waals surface area contributed by atoms with Crippen LogP contribution in [0, 0.1) is 19.7 Å². The third kappa shape index (κ3) is 2.88. The molecular formula is C13H16FN3O2S. The van der Waals surface area contributed by atoms with Gasteiger partial charge in [-0.2, -0.15) is 0 Å². The highest BCUT2D eigenvalue weighted by atomic mass is 32.2. The minimum absolute atomic E-state index is 0.109. The zero-order chi connectivity index (χ0) is 14.9. The van der Waals surface area contributed by atoms with Crippen LogP contribution in [-0.2, 0) is 10.0 Å². The average molecular weight is 297 g/mol. The fourth-order valence-electron chi connectivity index (χ4n) is 2.18. The van der Waals surface area contributed by atoms with Crippen molar-refractivity contribution < 1.29 is 12.8 Å². The number of H-pyrrole nitrogens is 1. The lowest BCUT2D eigenvalue weighted by atomic mass is 10.1. The van der Waals surface area contributed by atoms with Crippen LogP contribution in [-0.4, -0.2) is 18.4 Å². The van der Waals surface area contributed by atoms with Gasteiger partial charge in [-0.05, 0) is 44.0 Å². The molecule has 0 aliphatic carbocycles. The van der Waals surface area contributed by atoms with Crippen molar-refractivity contribution in [3.8, 4) is 0 Å². The molecule has 5 nitrogen and oxygen atoms in total. The molecule has 2 rings (SSSR count).